The lowest BCUT2D eigenvalue weighted by atomic mass is 9.94. The Morgan fingerprint density at radius 1 is 1.58 bits per heavy atom. The van der Waals surface area contributed by atoms with E-state index >= 15 is 0 Å². The SMILES string of the molecule is Cc1ccc(C(C)NC(=O)CCC2CCCNC2)o1. The molecule has 2 unspecified atom stereocenters. The first-order chi connectivity index (χ1) is 9.15. The molecule has 1 aliphatic heterocycles. The minimum Gasteiger partial charge on any atom is -0.464 e. The number of hydrogen-bond donors (Lipinski definition) is 2. The lowest BCUT2D eigenvalue weighted by Gasteiger charge is -2.22. The molecule has 1 fully saturated rings. The van der Waals surface area contributed by atoms with Gasteiger partial charge in [0.2, 0.25) is 5.91 Å². The Kier molecular flexibility index (Phi) is 5.02. The van der Waals surface area contributed by atoms with Gasteiger partial charge in [-0.15, -0.1) is 0 Å². The van der Waals surface area contributed by atoms with Crippen molar-refractivity contribution in [2.24, 2.45) is 5.92 Å². The highest BCUT2D eigenvalue weighted by atomic mass is 16.3. The van der Waals surface area contributed by atoms with Crippen molar-refractivity contribution >= 4 is 5.91 Å². The molecule has 0 saturated carbocycles. The van der Waals surface area contributed by atoms with Crippen LogP contribution >= 0.6 is 0 Å². The van der Waals surface area contributed by atoms with Crippen LogP contribution in [0.15, 0.2) is 16.5 Å². The maximum atomic E-state index is 11.9. The summed E-state index contributed by atoms with van der Waals surface area (Å²) < 4.78 is 5.52. The first-order valence-electron chi connectivity index (χ1n) is 7.21. The molecule has 1 saturated heterocycles. The van der Waals surface area contributed by atoms with Gasteiger partial charge in [0, 0.05) is 6.42 Å². The Morgan fingerprint density at radius 2 is 2.42 bits per heavy atom. The number of hydrogen-bond acceptors (Lipinski definition) is 3. The molecular weight excluding hydrogens is 240 g/mol. The van der Waals surface area contributed by atoms with Crippen molar-refractivity contribution in [2.75, 3.05) is 13.1 Å². The minimum atomic E-state index is -0.0503. The standard InChI is InChI=1S/C15H24N2O2/c1-11-5-7-14(19-11)12(2)17-15(18)8-6-13-4-3-9-16-10-13/h5,7,12-13,16H,3-4,6,8-10H2,1-2H3,(H,17,18). The highest BCUT2D eigenvalue weighted by Gasteiger charge is 2.16. The molecule has 4 nitrogen and oxygen atoms in total. The molecule has 2 N–H and O–H groups in total. The Balaban J connectivity index is 1.71. The smallest absolute Gasteiger partial charge is 0.220 e. The zero-order valence-electron chi connectivity index (χ0n) is 11.9. The summed E-state index contributed by atoms with van der Waals surface area (Å²) in [6.45, 7) is 6.05. The zero-order valence-corrected chi connectivity index (χ0v) is 11.9. The molecule has 0 bridgehead atoms. The number of rotatable bonds is 5. The van der Waals surface area contributed by atoms with Crippen LogP contribution in [0.1, 0.15) is 50.2 Å². The molecule has 2 atom stereocenters. The fourth-order valence-electron chi connectivity index (χ4n) is 2.58. The van der Waals surface area contributed by atoms with Gasteiger partial charge in [-0.05, 0) is 64.3 Å². The molecule has 1 aromatic rings. The van der Waals surface area contributed by atoms with Crippen molar-refractivity contribution in [2.45, 2.75) is 45.6 Å². The van der Waals surface area contributed by atoms with Crippen molar-refractivity contribution in [3.05, 3.63) is 23.7 Å². The third-order valence-corrected chi connectivity index (χ3v) is 3.74. The van der Waals surface area contributed by atoms with Crippen LogP contribution in [-0.4, -0.2) is 19.0 Å². The summed E-state index contributed by atoms with van der Waals surface area (Å²) in [4.78, 5) is 11.9. The van der Waals surface area contributed by atoms with E-state index in [1.165, 1.54) is 12.8 Å². The van der Waals surface area contributed by atoms with Crippen molar-refractivity contribution < 1.29 is 9.21 Å². The fraction of sp³-hybridized carbons (Fsp3) is 0.667. The van der Waals surface area contributed by atoms with Gasteiger partial charge < -0.3 is 15.1 Å². The van der Waals surface area contributed by atoms with Crippen molar-refractivity contribution in [3.8, 4) is 0 Å². The summed E-state index contributed by atoms with van der Waals surface area (Å²) in [6, 6.07) is 3.79. The van der Waals surface area contributed by atoms with Crippen LogP contribution < -0.4 is 10.6 Å². The van der Waals surface area contributed by atoms with Gasteiger partial charge >= 0.3 is 0 Å². The van der Waals surface area contributed by atoms with Crippen LogP contribution in [0.3, 0.4) is 0 Å². The molecule has 2 heterocycles. The largest absolute Gasteiger partial charge is 0.464 e. The number of carbonyl (C=O) groups is 1. The van der Waals surface area contributed by atoms with E-state index in [-0.39, 0.29) is 11.9 Å². The fourth-order valence-corrected chi connectivity index (χ4v) is 2.58. The van der Waals surface area contributed by atoms with Gasteiger partial charge in [0.15, 0.2) is 0 Å². The van der Waals surface area contributed by atoms with Crippen LogP contribution in [0, 0.1) is 12.8 Å². The average molecular weight is 264 g/mol. The van der Waals surface area contributed by atoms with E-state index in [1.807, 2.05) is 26.0 Å². The summed E-state index contributed by atoms with van der Waals surface area (Å²) in [6.07, 6.45) is 4.06. The first kappa shape index (κ1) is 14.1. The topological polar surface area (TPSA) is 54.3 Å². The molecule has 19 heavy (non-hydrogen) atoms. The number of nitrogens with one attached hydrogen (secondary N) is 2. The molecule has 1 amide bonds. The number of amides is 1. The predicted octanol–water partition coefficient (Wildman–Crippen LogP) is 2.55. The van der Waals surface area contributed by atoms with Gasteiger partial charge in [-0.3, -0.25) is 4.79 Å². The Morgan fingerprint density at radius 3 is 3.05 bits per heavy atom. The lowest BCUT2D eigenvalue weighted by molar-refractivity contribution is -0.122. The van der Waals surface area contributed by atoms with E-state index in [0.717, 1.165) is 31.0 Å². The van der Waals surface area contributed by atoms with E-state index in [4.69, 9.17) is 4.42 Å². The van der Waals surface area contributed by atoms with Gasteiger partial charge in [0.1, 0.15) is 11.5 Å². The summed E-state index contributed by atoms with van der Waals surface area (Å²) in [7, 11) is 0. The molecule has 0 aliphatic carbocycles. The number of piperidine rings is 1. The lowest BCUT2D eigenvalue weighted by Crippen LogP contribution is -2.31. The van der Waals surface area contributed by atoms with Gasteiger partial charge in [0.25, 0.3) is 0 Å². The van der Waals surface area contributed by atoms with Gasteiger partial charge in [-0.25, -0.2) is 0 Å². The number of furan rings is 1. The molecule has 1 aromatic heterocycles. The van der Waals surface area contributed by atoms with E-state index < -0.39 is 0 Å². The Bertz CT molecular complexity index is 408. The average Bonchev–Trinajstić information content (AvgIpc) is 2.84. The minimum absolute atomic E-state index is 0.0503. The highest BCUT2D eigenvalue weighted by molar-refractivity contribution is 5.76. The molecular formula is C15H24N2O2. The number of carbonyl (C=O) groups excluding carboxylic acids is 1. The first-order valence-corrected chi connectivity index (χ1v) is 7.21. The van der Waals surface area contributed by atoms with Gasteiger partial charge in [-0.1, -0.05) is 0 Å². The Hall–Kier alpha value is -1.29. The van der Waals surface area contributed by atoms with Crippen LogP contribution in [0.25, 0.3) is 0 Å². The van der Waals surface area contributed by atoms with E-state index in [2.05, 4.69) is 10.6 Å². The van der Waals surface area contributed by atoms with Crippen molar-refractivity contribution in [1.29, 1.82) is 0 Å². The molecule has 1 aliphatic rings. The maximum Gasteiger partial charge on any atom is 0.220 e. The molecule has 4 heteroatoms. The third-order valence-electron chi connectivity index (χ3n) is 3.74. The van der Waals surface area contributed by atoms with Crippen molar-refractivity contribution in [3.63, 3.8) is 0 Å². The highest BCUT2D eigenvalue weighted by Crippen LogP contribution is 2.18. The van der Waals surface area contributed by atoms with E-state index in [9.17, 15) is 4.79 Å². The van der Waals surface area contributed by atoms with Crippen molar-refractivity contribution in [1.82, 2.24) is 10.6 Å². The maximum absolute atomic E-state index is 11.9. The second kappa shape index (κ2) is 6.75. The summed E-state index contributed by atoms with van der Waals surface area (Å²) >= 11 is 0. The summed E-state index contributed by atoms with van der Waals surface area (Å²) in [5.74, 6) is 2.47. The van der Waals surface area contributed by atoms with Crippen LogP contribution in [0.5, 0.6) is 0 Å². The van der Waals surface area contributed by atoms with E-state index in [0.29, 0.717) is 12.3 Å². The van der Waals surface area contributed by atoms with Crippen LogP contribution in [-0.2, 0) is 4.79 Å². The second-order valence-electron chi connectivity index (χ2n) is 5.49. The van der Waals surface area contributed by atoms with Crippen LogP contribution in [0.4, 0.5) is 0 Å². The second-order valence-corrected chi connectivity index (χ2v) is 5.49. The Labute approximate surface area is 114 Å². The van der Waals surface area contributed by atoms with Gasteiger partial charge in [0.05, 0.1) is 6.04 Å². The van der Waals surface area contributed by atoms with Gasteiger partial charge in [-0.2, -0.15) is 0 Å². The zero-order chi connectivity index (χ0) is 13.7. The molecule has 106 valence electrons. The number of aryl methyl sites for hydroxylation is 1. The molecule has 0 spiro atoms. The van der Waals surface area contributed by atoms with E-state index in [1.54, 1.807) is 0 Å². The summed E-state index contributed by atoms with van der Waals surface area (Å²) in [5, 5.41) is 6.38. The molecule has 0 radical (unpaired) electrons. The molecule has 2 rings (SSSR count). The third kappa shape index (κ3) is 4.39. The quantitative estimate of drug-likeness (QED) is 0.859. The van der Waals surface area contributed by atoms with Crippen LogP contribution in [0.2, 0.25) is 0 Å². The molecule has 0 aromatic carbocycles. The summed E-state index contributed by atoms with van der Waals surface area (Å²) in [5.41, 5.74) is 0. The predicted molar refractivity (Wildman–Crippen MR) is 74.8 cm³/mol. The monoisotopic (exact) mass is 264 g/mol. The normalized spacial score (nSPS) is 21.1.